The molecule has 0 aliphatic rings. The standard InChI is InChI=1S/C14H15I3O4/c1-2-6-20-12(18)4-3-5-13(19)21-14-10(16)7-9(15)8-11(14)17/h7-8H,2-6H2,1H3. The average molecular weight is 628 g/mol. The molecular weight excluding hydrogens is 613 g/mol. The van der Waals surface area contributed by atoms with Gasteiger partial charge in [-0.1, -0.05) is 6.92 Å². The van der Waals surface area contributed by atoms with Crippen molar-refractivity contribution in [3.05, 3.63) is 22.8 Å². The molecule has 0 saturated heterocycles. The van der Waals surface area contributed by atoms with E-state index in [4.69, 9.17) is 9.47 Å². The molecule has 4 nitrogen and oxygen atoms in total. The summed E-state index contributed by atoms with van der Waals surface area (Å²) < 4.78 is 13.2. The summed E-state index contributed by atoms with van der Waals surface area (Å²) in [4.78, 5) is 23.1. The molecule has 0 amide bonds. The Kier molecular flexibility index (Phi) is 9.41. The van der Waals surface area contributed by atoms with Crippen molar-refractivity contribution < 1.29 is 19.1 Å². The largest absolute Gasteiger partial charge is 0.466 e. The van der Waals surface area contributed by atoms with Gasteiger partial charge in [0.25, 0.3) is 0 Å². The zero-order valence-corrected chi connectivity index (χ0v) is 17.9. The van der Waals surface area contributed by atoms with Crippen LogP contribution in [0.4, 0.5) is 0 Å². The predicted molar refractivity (Wildman–Crippen MR) is 105 cm³/mol. The van der Waals surface area contributed by atoms with E-state index in [1.165, 1.54) is 0 Å². The fraction of sp³-hybridized carbons (Fsp3) is 0.429. The minimum Gasteiger partial charge on any atom is -0.466 e. The molecule has 116 valence electrons. The Hall–Kier alpha value is 0.350. The second-order valence-corrected chi connectivity index (χ2v) is 7.82. The molecule has 0 bridgehead atoms. The monoisotopic (exact) mass is 628 g/mol. The molecule has 0 aromatic heterocycles. The molecule has 0 radical (unpaired) electrons. The van der Waals surface area contributed by atoms with Crippen molar-refractivity contribution in [1.29, 1.82) is 0 Å². The number of hydrogen-bond acceptors (Lipinski definition) is 4. The molecule has 7 heteroatoms. The molecule has 21 heavy (non-hydrogen) atoms. The molecule has 0 heterocycles. The molecule has 0 unspecified atom stereocenters. The Balaban J connectivity index is 2.43. The van der Waals surface area contributed by atoms with Gasteiger partial charge in [-0.05, 0) is 92.7 Å². The first-order valence-electron chi connectivity index (χ1n) is 6.45. The average Bonchev–Trinajstić information content (AvgIpc) is 2.40. The van der Waals surface area contributed by atoms with E-state index in [2.05, 4.69) is 67.8 Å². The van der Waals surface area contributed by atoms with E-state index in [0.29, 0.717) is 18.8 Å². The maximum absolute atomic E-state index is 11.8. The molecule has 1 aromatic carbocycles. The Morgan fingerprint density at radius 3 is 2.19 bits per heavy atom. The van der Waals surface area contributed by atoms with Gasteiger partial charge < -0.3 is 9.47 Å². The summed E-state index contributed by atoms with van der Waals surface area (Å²) in [5, 5.41) is 0. The first-order valence-corrected chi connectivity index (χ1v) is 9.68. The summed E-state index contributed by atoms with van der Waals surface area (Å²) in [7, 11) is 0. The maximum Gasteiger partial charge on any atom is 0.311 e. The van der Waals surface area contributed by atoms with Crippen LogP contribution in [0.5, 0.6) is 5.75 Å². The third-order valence-corrected chi connectivity index (χ3v) is 4.63. The molecule has 1 rings (SSSR count). The fourth-order valence-electron chi connectivity index (χ4n) is 1.46. The molecule has 0 spiro atoms. The van der Waals surface area contributed by atoms with Crippen LogP contribution in [-0.4, -0.2) is 18.5 Å². The fourth-order valence-corrected chi connectivity index (χ4v) is 5.26. The van der Waals surface area contributed by atoms with Gasteiger partial charge in [-0.2, -0.15) is 0 Å². The van der Waals surface area contributed by atoms with Crippen molar-refractivity contribution in [2.45, 2.75) is 32.6 Å². The number of carbonyl (C=O) groups is 2. The van der Waals surface area contributed by atoms with Gasteiger partial charge in [-0.25, -0.2) is 0 Å². The Morgan fingerprint density at radius 2 is 1.62 bits per heavy atom. The summed E-state index contributed by atoms with van der Waals surface area (Å²) in [6, 6.07) is 3.90. The third-order valence-electron chi connectivity index (χ3n) is 2.41. The Labute approximate surface area is 165 Å². The van der Waals surface area contributed by atoms with Gasteiger partial charge in [-0.15, -0.1) is 0 Å². The highest BCUT2D eigenvalue weighted by Gasteiger charge is 2.13. The minimum atomic E-state index is -0.324. The zero-order chi connectivity index (χ0) is 15.8. The lowest BCUT2D eigenvalue weighted by Gasteiger charge is -2.09. The third kappa shape index (κ3) is 7.44. The van der Waals surface area contributed by atoms with Gasteiger partial charge in [0.1, 0.15) is 0 Å². The first-order chi connectivity index (χ1) is 9.93. The van der Waals surface area contributed by atoms with Crippen LogP contribution >= 0.6 is 67.8 Å². The van der Waals surface area contributed by atoms with Crippen LogP contribution in [-0.2, 0) is 14.3 Å². The summed E-state index contributed by atoms with van der Waals surface area (Å²) in [5.74, 6) is 0.00795. The van der Waals surface area contributed by atoms with E-state index >= 15 is 0 Å². The highest BCUT2D eigenvalue weighted by atomic mass is 127. The summed E-state index contributed by atoms with van der Waals surface area (Å²) in [6.07, 6.45) is 1.70. The molecule has 0 aliphatic carbocycles. The lowest BCUT2D eigenvalue weighted by Crippen LogP contribution is -2.11. The van der Waals surface area contributed by atoms with Crippen LogP contribution in [0.3, 0.4) is 0 Å². The van der Waals surface area contributed by atoms with Crippen LogP contribution < -0.4 is 4.74 Å². The quantitative estimate of drug-likeness (QED) is 0.253. The number of ether oxygens (including phenoxy) is 2. The Morgan fingerprint density at radius 1 is 1.05 bits per heavy atom. The van der Waals surface area contributed by atoms with Crippen LogP contribution in [0.2, 0.25) is 0 Å². The van der Waals surface area contributed by atoms with E-state index in [0.717, 1.165) is 17.1 Å². The summed E-state index contributed by atoms with van der Waals surface area (Å²) in [5.41, 5.74) is 0. The van der Waals surface area contributed by atoms with Gasteiger partial charge in [0.05, 0.1) is 13.7 Å². The van der Waals surface area contributed by atoms with Crippen molar-refractivity contribution >= 4 is 79.7 Å². The summed E-state index contributed by atoms with van der Waals surface area (Å²) >= 11 is 6.52. The van der Waals surface area contributed by atoms with Crippen molar-refractivity contribution in [3.63, 3.8) is 0 Å². The second kappa shape index (κ2) is 10.2. The lowest BCUT2D eigenvalue weighted by molar-refractivity contribution is -0.144. The number of carbonyl (C=O) groups excluding carboxylic acids is 2. The van der Waals surface area contributed by atoms with E-state index in [1.54, 1.807) is 0 Å². The number of benzene rings is 1. The lowest BCUT2D eigenvalue weighted by atomic mass is 10.2. The molecule has 0 N–H and O–H groups in total. The Bertz CT molecular complexity index is 494. The predicted octanol–water partition coefficient (Wildman–Crippen LogP) is 4.53. The normalized spacial score (nSPS) is 10.3. The van der Waals surface area contributed by atoms with Crippen LogP contribution in [0.1, 0.15) is 32.6 Å². The number of halogens is 3. The summed E-state index contributed by atoms with van der Waals surface area (Å²) in [6.45, 7) is 2.37. The SMILES string of the molecule is CCCOC(=O)CCCC(=O)Oc1c(I)cc(I)cc1I. The van der Waals surface area contributed by atoms with Gasteiger partial charge in [-0.3, -0.25) is 9.59 Å². The maximum atomic E-state index is 11.8. The second-order valence-electron chi connectivity index (χ2n) is 4.25. The molecule has 0 aliphatic heterocycles. The van der Waals surface area contributed by atoms with E-state index < -0.39 is 0 Å². The van der Waals surface area contributed by atoms with Gasteiger partial charge in [0, 0.05) is 16.4 Å². The molecular formula is C14H15I3O4. The van der Waals surface area contributed by atoms with E-state index in [1.807, 2.05) is 19.1 Å². The first kappa shape index (κ1) is 19.4. The molecule has 0 saturated carbocycles. The van der Waals surface area contributed by atoms with Crippen molar-refractivity contribution in [2.75, 3.05) is 6.61 Å². The highest BCUT2D eigenvalue weighted by Crippen LogP contribution is 2.29. The van der Waals surface area contributed by atoms with Crippen LogP contribution in [0.25, 0.3) is 0 Å². The molecule has 0 fully saturated rings. The van der Waals surface area contributed by atoms with Gasteiger partial charge in [0.2, 0.25) is 0 Å². The molecule has 1 aromatic rings. The van der Waals surface area contributed by atoms with E-state index in [9.17, 15) is 9.59 Å². The number of hydrogen-bond donors (Lipinski definition) is 0. The van der Waals surface area contributed by atoms with E-state index in [-0.39, 0.29) is 24.8 Å². The van der Waals surface area contributed by atoms with Crippen LogP contribution in [0.15, 0.2) is 12.1 Å². The number of esters is 2. The topological polar surface area (TPSA) is 52.6 Å². The van der Waals surface area contributed by atoms with Crippen molar-refractivity contribution in [1.82, 2.24) is 0 Å². The van der Waals surface area contributed by atoms with Gasteiger partial charge >= 0.3 is 11.9 Å². The van der Waals surface area contributed by atoms with Crippen molar-refractivity contribution in [3.8, 4) is 5.75 Å². The smallest absolute Gasteiger partial charge is 0.311 e. The zero-order valence-electron chi connectivity index (χ0n) is 11.5. The van der Waals surface area contributed by atoms with Crippen molar-refractivity contribution in [2.24, 2.45) is 0 Å². The highest BCUT2D eigenvalue weighted by molar-refractivity contribution is 14.1. The van der Waals surface area contributed by atoms with Gasteiger partial charge in [0.15, 0.2) is 5.75 Å². The van der Waals surface area contributed by atoms with Crippen LogP contribution in [0, 0.1) is 10.7 Å². The number of rotatable bonds is 7. The molecule has 0 atom stereocenters. The minimum absolute atomic E-state index is 0.208.